The summed E-state index contributed by atoms with van der Waals surface area (Å²) in [5.41, 5.74) is 3.59. The number of para-hydroxylation sites is 1. The highest BCUT2D eigenvalue weighted by atomic mass is 127. The molecule has 0 amide bonds. The van der Waals surface area contributed by atoms with Crippen molar-refractivity contribution in [3.8, 4) is 5.69 Å². The molecule has 0 bridgehead atoms. The second kappa shape index (κ2) is 11.5. The first-order chi connectivity index (χ1) is 13.3. The number of nitrogens with one attached hydrogen (secondary N) is 2. The summed E-state index contributed by atoms with van der Waals surface area (Å²) in [4.78, 5) is 4.31. The summed E-state index contributed by atoms with van der Waals surface area (Å²) in [7, 11) is 1.80. The molecule has 0 spiro atoms. The Bertz CT molecular complexity index is 846. The molecule has 0 aliphatic rings. The Labute approximate surface area is 184 Å². The topological polar surface area (TPSA) is 54.2 Å². The number of benzene rings is 2. The van der Waals surface area contributed by atoms with Crippen molar-refractivity contribution in [3.63, 3.8) is 0 Å². The number of hydrogen-bond donors (Lipinski definition) is 2. The van der Waals surface area contributed by atoms with Gasteiger partial charge in [0.1, 0.15) is 0 Å². The lowest BCUT2D eigenvalue weighted by Gasteiger charge is -2.16. The van der Waals surface area contributed by atoms with Gasteiger partial charge < -0.3 is 10.6 Å². The van der Waals surface area contributed by atoms with Crippen molar-refractivity contribution in [2.45, 2.75) is 19.3 Å². The van der Waals surface area contributed by atoms with Crippen LogP contribution in [-0.2, 0) is 6.42 Å². The van der Waals surface area contributed by atoms with E-state index >= 15 is 0 Å². The van der Waals surface area contributed by atoms with E-state index in [1.807, 2.05) is 35.1 Å². The standard InChI is InChI=1S/C22H27N5.HI/c1-18(20-9-5-3-6-10-20)15-25-22(23-2)24-14-13-19-16-26-27(17-19)21-11-7-4-8-12-21;/h3-12,16-18H,13-15H2,1-2H3,(H2,23,24,25);1H. The zero-order chi connectivity index (χ0) is 18.9. The fraction of sp³-hybridized carbons (Fsp3) is 0.273. The van der Waals surface area contributed by atoms with Gasteiger partial charge in [0.25, 0.3) is 0 Å². The van der Waals surface area contributed by atoms with E-state index in [1.54, 1.807) is 7.05 Å². The fourth-order valence-electron chi connectivity index (χ4n) is 2.91. The predicted molar refractivity (Wildman–Crippen MR) is 127 cm³/mol. The first-order valence-corrected chi connectivity index (χ1v) is 9.34. The lowest BCUT2D eigenvalue weighted by Crippen LogP contribution is -2.39. The number of halogens is 1. The van der Waals surface area contributed by atoms with Gasteiger partial charge in [0, 0.05) is 26.3 Å². The summed E-state index contributed by atoms with van der Waals surface area (Å²) in [5, 5.41) is 11.2. The van der Waals surface area contributed by atoms with Gasteiger partial charge in [-0.1, -0.05) is 55.5 Å². The molecule has 2 aromatic carbocycles. The minimum atomic E-state index is 0. The Hall–Kier alpha value is -2.35. The number of rotatable bonds is 7. The van der Waals surface area contributed by atoms with Gasteiger partial charge in [0.2, 0.25) is 0 Å². The minimum Gasteiger partial charge on any atom is -0.356 e. The molecular weight excluding hydrogens is 461 g/mol. The third-order valence-electron chi connectivity index (χ3n) is 4.53. The van der Waals surface area contributed by atoms with Crippen LogP contribution in [0.3, 0.4) is 0 Å². The van der Waals surface area contributed by atoms with Crippen LogP contribution in [0.25, 0.3) is 5.69 Å². The van der Waals surface area contributed by atoms with Crippen molar-refractivity contribution in [1.82, 2.24) is 20.4 Å². The number of aliphatic imine (C=N–C) groups is 1. The number of aromatic nitrogens is 2. The van der Waals surface area contributed by atoms with E-state index in [4.69, 9.17) is 0 Å². The Kier molecular flexibility index (Phi) is 9.00. The quantitative estimate of drug-likeness (QED) is 0.300. The average Bonchev–Trinajstić information content (AvgIpc) is 3.20. The number of guanidine groups is 1. The second-order valence-corrected chi connectivity index (χ2v) is 6.57. The highest BCUT2D eigenvalue weighted by Crippen LogP contribution is 2.12. The average molecular weight is 489 g/mol. The Balaban J connectivity index is 0.00000280. The molecule has 148 valence electrons. The SMILES string of the molecule is CN=C(NCCc1cnn(-c2ccccc2)c1)NCC(C)c1ccccc1.I. The second-order valence-electron chi connectivity index (χ2n) is 6.57. The normalized spacial score (nSPS) is 12.1. The van der Waals surface area contributed by atoms with E-state index in [-0.39, 0.29) is 24.0 Å². The molecule has 1 aromatic heterocycles. The largest absolute Gasteiger partial charge is 0.356 e. The van der Waals surface area contributed by atoms with Crippen LogP contribution >= 0.6 is 24.0 Å². The van der Waals surface area contributed by atoms with Crippen LogP contribution in [0.1, 0.15) is 24.0 Å². The molecule has 28 heavy (non-hydrogen) atoms. The lowest BCUT2D eigenvalue weighted by atomic mass is 10.0. The minimum absolute atomic E-state index is 0. The molecule has 1 unspecified atom stereocenters. The van der Waals surface area contributed by atoms with E-state index in [9.17, 15) is 0 Å². The molecule has 6 heteroatoms. The van der Waals surface area contributed by atoms with Crippen molar-refractivity contribution in [1.29, 1.82) is 0 Å². The zero-order valence-corrected chi connectivity index (χ0v) is 18.7. The van der Waals surface area contributed by atoms with Gasteiger partial charge in [0.15, 0.2) is 5.96 Å². The number of nitrogens with zero attached hydrogens (tertiary/aromatic N) is 3. The van der Waals surface area contributed by atoms with Crippen molar-refractivity contribution in [2.24, 2.45) is 4.99 Å². The Morgan fingerprint density at radius 1 is 1.04 bits per heavy atom. The molecule has 0 saturated heterocycles. The maximum Gasteiger partial charge on any atom is 0.191 e. The highest BCUT2D eigenvalue weighted by Gasteiger charge is 2.06. The van der Waals surface area contributed by atoms with Gasteiger partial charge in [-0.2, -0.15) is 5.10 Å². The summed E-state index contributed by atoms with van der Waals surface area (Å²) >= 11 is 0. The molecule has 0 aliphatic heterocycles. The van der Waals surface area contributed by atoms with E-state index in [0.717, 1.165) is 31.2 Å². The summed E-state index contributed by atoms with van der Waals surface area (Å²) < 4.78 is 1.91. The molecule has 5 nitrogen and oxygen atoms in total. The Morgan fingerprint density at radius 3 is 2.39 bits per heavy atom. The first-order valence-electron chi connectivity index (χ1n) is 9.34. The van der Waals surface area contributed by atoms with Crippen molar-refractivity contribution in [3.05, 3.63) is 84.2 Å². The molecule has 1 heterocycles. The molecule has 0 aliphatic carbocycles. The highest BCUT2D eigenvalue weighted by molar-refractivity contribution is 14.0. The molecule has 3 aromatic rings. The smallest absolute Gasteiger partial charge is 0.191 e. The van der Waals surface area contributed by atoms with E-state index < -0.39 is 0 Å². The summed E-state index contributed by atoms with van der Waals surface area (Å²) in [6, 6.07) is 20.7. The molecular formula is C22H28IN5. The van der Waals surface area contributed by atoms with Gasteiger partial charge in [-0.3, -0.25) is 4.99 Å². The lowest BCUT2D eigenvalue weighted by molar-refractivity contribution is 0.698. The third-order valence-corrected chi connectivity index (χ3v) is 4.53. The molecule has 0 saturated carbocycles. The monoisotopic (exact) mass is 489 g/mol. The third kappa shape index (κ3) is 6.37. The maximum absolute atomic E-state index is 4.44. The van der Waals surface area contributed by atoms with Crippen LogP contribution in [0.5, 0.6) is 0 Å². The van der Waals surface area contributed by atoms with Crippen LogP contribution < -0.4 is 10.6 Å². The zero-order valence-electron chi connectivity index (χ0n) is 16.4. The van der Waals surface area contributed by atoms with E-state index in [2.05, 4.69) is 70.2 Å². The van der Waals surface area contributed by atoms with Crippen molar-refractivity contribution in [2.75, 3.05) is 20.1 Å². The van der Waals surface area contributed by atoms with Gasteiger partial charge in [-0.15, -0.1) is 24.0 Å². The molecule has 0 fully saturated rings. The molecule has 3 rings (SSSR count). The number of hydrogen-bond acceptors (Lipinski definition) is 2. The molecule has 0 radical (unpaired) electrons. The molecule has 1 atom stereocenters. The summed E-state index contributed by atoms with van der Waals surface area (Å²) in [6.07, 6.45) is 4.88. The first kappa shape index (κ1) is 21.9. The van der Waals surface area contributed by atoms with Crippen LogP contribution in [0, 0.1) is 0 Å². The van der Waals surface area contributed by atoms with Crippen LogP contribution in [-0.4, -0.2) is 35.9 Å². The van der Waals surface area contributed by atoms with E-state index in [1.165, 1.54) is 11.1 Å². The Morgan fingerprint density at radius 2 is 1.71 bits per heavy atom. The fourth-order valence-corrected chi connectivity index (χ4v) is 2.91. The summed E-state index contributed by atoms with van der Waals surface area (Å²) in [6.45, 7) is 3.86. The van der Waals surface area contributed by atoms with Gasteiger partial charge in [-0.25, -0.2) is 4.68 Å². The van der Waals surface area contributed by atoms with Gasteiger partial charge in [0.05, 0.1) is 11.9 Å². The van der Waals surface area contributed by atoms with Crippen LogP contribution in [0.4, 0.5) is 0 Å². The molecule has 2 N–H and O–H groups in total. The van der Waals surface area contributed by atoms with Crippen molar-refractivity contribution >= 4 is 29.9 Å². The van der Waals surface area contributed by atoms with Gasteiger partial charge >= 0.3 is 0 Å². The van der Waals surface area contributed by atoms with E-state index in [0.29, 0.717) is 5.92 Å². The van der Waals surface area contributed by atoms with Crippen LogP contribution in [0.2, 0.25) is 0 Å². The summed E-state index contributed by atoms with van der Waals surface area (Å²) in [5.74, 6) is 1.25. The van der Waals surface area contributed by atoms with Crippen LogP contribution in [0.15, 0.2) is 78.0 Å². The predicted octanol–water partition coefficient (Wildman–Crippen LogP) is 4.00. The maximum atomic E-state index is 4.44. The van der Waals surface area contributed by atoms with Crippen molar-refractivity contribution < 1.29 is 0 Å². The van der Waals surface area contributed by atoms with Gasteiger partial charge in [-0.05, 0) is 35.6 Å².